The van der Waals surface area contributed by atoms with Crippen molar-refractivity contribution in [1.82, 2.24) is 14.7 Å². The molecule has 1 aromatic carbocycles. The van der Waals surface area contributed by atoms with Gasteiger partial charge in [0, 0.05) is 20.3 Å². The molecule has 6 nitrogen and oxygen atoms in total. The van der Waals surface area contributed by atoms with E-state index in [-0.39, 0.29) is 18.3 Å². The fourth-order valence-electron chi connectivity index (χ4n) is 2.56. The summed E-state index contributed by atoms with van der Waals surface area (Å²) in [5.41, 5.74) is 1.75. The lowest BCUT2D eigenvalue weighted by Gasteiger charge is -2.14. The highest BCUT2D eigenvalue weighted by molar-refractivity contribution is 6.32. The summed E-state index contributed by atoms with van der Waals surface area (Å²) in [6, 6.07) is 10.8. The SMILES string of the molecule is Cc1cccc(Cl)c1OCc1ccc(C(=O)N(C)Cc2ccn(C)n2)o1. The van der Waals surface area contributed by atoms with Crippen LogP contribution in [-0.2, 0) is 20.2 Å². The van der Waals surface area contributed by atoms with Crippen molar-refractivity contribution >= 4 is 17.5 Å². The van der Waals surface area contributed by atoms with Crippen molar-refractivity contribution in [3.8, 4) is 5.75 Å². The molecule has 0 aliphatic heterocycles. The molecular formula is C19H20ClN3O3. The number of aromatic nitrogens is 2. The number of ether oxygens (including phenoxy) is 1. The molecular weight excluding hydrogens is 354 g/mol. The molecule has 0 saturated heterocycles. The highest BCUT2D eigenvalue weighted by Gasteiger charge is 2.17. The van der Waals surface area contributed by atoms with Crippen molar-refractivity contribution in [1.29, 1.82) is 0 Å². The lowest BCUT2D eigenvalue weighted by Crippen LogP contribution is -2.26. The minimum absolute atomic E-state index is 0.196. The molecule has 2 heterocycles. The number of nitrogens with zero attached hydrogens (tertiary/aromatic N) is 3. The molecule has 136 valence electrons. The van der Waals surface area contributed by atoms with Crippen LogP contribution in [0, 0.1) is 6.92 Å². The smallest absolute Gasteiger partial charge is 0.289 e. The van der Waals surface area contributed by atoms with Crippen molar-refractivity contribution in [3.63, 3.8) is 0 Å². The van der Waals surface area contributed by atoms with Crippen molar-refractivity contribution in [3.05, 3.63) is 70.4 Å². The van der Waals surface area contributed by atoms with Crippen LogP contribution >= 0.6 is 11.6 Å². The molecule has 7 heteroatoms. The third kappa shape index (κ3) is 4.08. The molecule has 2 aromatic heterocycles. The van der Waals surface area contributed by atoms with Crippen LogP contribution in [0.4, 0.5) is 0 Å². The second-order valence-corrected chi connectivity index (χ2v) is 6.49. The van der Waals surface area contributed by atoms with Crippen molar-refractivity contribution in [2.75, 3.05) is 7.05 Å². The lowest BCUT2D eigenvalue weighted by atomic mass is 10.2. The minimum Gasteiger partial charge on any atom is -0.484 e. The Morgan fingerprint density at radius 1 is 1.31 bits per heavy atom. The average Bonchev–Trinajstić information content (AvgIpc) is 3.23. The quantitative estimate of drug-likeness (QED) is 0.659. The van der Waals surface area contributed by atoms with Crippen LogP contribution in [0.3, 0.4) is 0 Å². The van der Waals surface area contributed by atoms with Crippen LogP contribution in [0.25, 0.3) is 0 Å². The van der Waals surface area contributed by atoms with Crippen LogP contribution in [0.5, 0.6) is 5.75 Å². The Bertz CT molecular complexity index is 896. The Morgan fingerprint density at radius 3 is 2.81 bits per heavy atom. The largest absolute Gasteiger partial charge is 0.484 e. The van der Waals surface area contributed by atoms with E-state index in [1.165, 1.54) is 0 Å². The molecule has 0 unspecified atom stereocenters. The normalized spacial score (nSPS) is 10.8. The topological polar surface area (TPSA) is 60.5 Å². The van der Waals surface area contributed by atoms with Gasteiger partial charge in [0.15, 0.2) is 5.76 Å². The Labute approximate surface area is 156 Å². The Kier molecular flexibility index (Phi) is 5.32. The third-order valence-corrected chi connectivity index (χ3v) is 4.21. The van der Waals surface area contributed by atoms with Gasteiger partial charge in [0.05, 0.1) is 17.3 Å². The second kappa shape index (κ2) is 7.66. The van der Waals surface area contributed by atoms with Crippen LogP contribution in [0.15, 0.2) is 47.0 Å². The van der Waals surface area contributed by atoms with Crippen molar-refractivity contribution < 1.29 is 13.9 Å². The van der Waals surface area contributed by atoms with Gasteiger partial charge in [0.25, 0.3) is 5.91 Å². The van der Waals surface area contributed by atoms with Crippen LogP contribution in [0.1, 0.15) is 27.6 Å². The number of aryl methyl sites for hydroxylation is 2. The van der Waals surface area contributed by atoms with Crippen LogP contribution in [-0.4, -0.2) is 27.6 Å². The number of para-hydroxylation sites is 1. The first kappa shape index (κ1) is 18.1. The Hall–Kier alpha value is -2.73. The molecule has 3 rings (SSSR count). The maximum Gasteiger partial charge on any atom is 0.289 e. The van der Waals surface area contributed by atoms with E-state index in [4.69, 9.17) is 20.8 Å². The van der Waals surface area contributed by atoms with E-state index in [1.807, 2.05) is 38.4 Å². The number of hydrogen-bond acceptors (Lipinski definition) is 4. The summed E-state index contributed by atoms with van der Waals surface area (Å²) in [4.78, 5) is 14.0. The minimum atomic E-state index is -0.212. The highest BCUT2D eigenvalue weighted by atomic mass is 35.5. The number of carbonyl (C=O) groups excluding carboxylic acids is 1. The number of rotatable bonds is 6. The molecule has 3 aromatic rings. The summed E-state index contributed by atoms with van der Waals surface area (Å²) in [5.74, 6) is 1.22. The van der Waals surface area contributed by atoms with E-state index in [0.717, 1.165) is 11.3 Å². The van der Waals surface area contributed by atoms with Gasteiger partial charge < -0.3 is 14.1 Å². The van der Waals surface area contributed by atoms with Gasteiger partial charge in [-0.3, -0.25) is 9.48 Å². The van der Waals surface area contributed by atoms with E-state index in [2.05, 4.69) is 5.10 Å². The standard InChI is InChI=1S/C19H20ClN3O3/c1-13-5-4-6-16(20)18(13)25-12-15-7-8-17(26-15)19(24)22(2)11-14-9-10-23(3)21-14/h4-10H,11-12H2,1-3H3. The molecule has 0 spiro atoms. The molecule has 0 aliphatic carbocycles. The molecule has 1 amide bonds. The van der Waals surface area contributed by atoms with Gasteiger partial charge in [-0.25, -0.2) is 0 Å². The van der Waals surface area contributed by atoms with Gasteiger partial charge in [-0.1, -0.05) is 23.7 Å². The third-order valence-electron chi connectivity index (χ3n) is 3.91. The molecule has 0 atom stereocenters. The monoisotopic (exact) mass is 373 g/mol. The molecule has 0 aliphatic rings. The van der Waals surface area contributed by atoms with Gasteiger partial charge in [-0.15, -0.1) is 0 Å². The summed E-state index contributed by atoms with van der Waals surface area (Å²) in [7, 11) is 3.55. The average molecular weight is 374 g/mol. The van der Waals surface area contributed by atoms with Crippen molar-refractivity contribution in [2.24, 2.45) is 7.05 Å². The molecule has 0 saturated carbocycles. The van der Waals surface area contributed by atoms with Gasteiger partial charge in [0.2, 0.25) is 0 Å². The fraction of sp³-hybridized carbons (Fsp3) is 0.263. The Morgan fingerprint density at radius 2 is 2.12 bits per heavy atom. The number of carbonyl (C=O) groups is 1. The number of hydrogen-bond donors (Lipinski definition) is 0. The van der Waals surface area contributed by atoms with Crippen molar-refractivity contribution in [2.45, 2.75) is 20.1 Å². The zero-order valence-corrected chi connectivity index (χ0v) is 15.7. The maximum absolute atomic E-state index is 12.5. The van der Waals surface area contributed by atoms with E-state index in [1.54, 1.807) is 34.8 Å². The van der Waals surface area contributed by atoms with Crippen LogP contribution < -0.4 is 4.74 Å². The van der Waals surface area contributed by atoms with E-state index in [0.29, 0.717) is 23.1 Å². The molecule has 0 N–H and O–H groups in total. The number of amides is 1. The fourth-order valence-corrected chi connectivity index (χ4v) is 2.84. The second-order valence-electron chi connectivity index (χ2n) is 6.08. The lowest BCUT2D eigenvalue weighted by molar-refractivity contribution is 0.0747. The highest BCUT2D eigenvalue weighted by Crippen LogP contribution is 2.28. The first-order valence-corrected chi connectivity index (χ1v) is 8.52. The zero-order valence-electron chi connectivity index (χ0n) is 14.9. The number of furan rings is 1. The van der Waals surface area contributed by atoms with Crippen LogP contribution in [0.2, 0.25) is 5.02 Å². The van der Waals surface area contributed by atoms with E-state index >= 15 is 0 Å². The maximum atomic E-state index is 12.5. The van der Waals surface area contributed by atoms with E-state index in [9.17, 15) is 4.79 Å². The molecule has 0 fully saturated rings. The molecule has 0 bridgehead atoms. The predicted molar refractivity (Wildman–Crippen MR) is 98.2 cm³/mol. The summed E-state index contributed by atoms with van der Waals surface area (Å²) in [6.45, 7) is 2.53. The Balaban J connectivity index is 1.62. The molecule has 26 heavy (non-hydrogen) atoms. The first-order valence-electron chi connectivity index (χ1n) is 8.14. The molecule has 0 radical (unpaired) electrons. The zero-order chi connectivity index (χ0) is 18.7. The number of benzene rings is 1. The summed E-state index contributed by atoms with van der Waals surface area (Å²) < 4.78 is 13.1. The van der Waals surface area contributed by atoms with Gasteiger partial charge in [-0.2, -0.15) is 5.10 Å². The number of halogens is 1. The summed E-state index contributed by atoms with van der Waals surface area (Å²) in [6.07, 6.45) is 1.84. The predicted octanol–water partition coefficient (Wildman–Crippen LogP) is 3.83. The van der Waals surface area contributed by atoms with Gasteiger partial charge in [0.1, 0.15) is 18.1 Å². The van der Waals surface area contributed by atoms with Gasteiger partial charge in [-0.05, 0) is 36.8 Å². The van der Waals surface area contributed by atoms with Gasteiger partial charge >= 0.3 is 0 Å². The van der Waals surface area contributed by atoms with E-state index < -0.39 is 0 Å². The summed E-state index contributed by atoms with van der Waals surface area (Å²) >= 11 is 6.15. The first-order chi connectivity index (χ1) is 12.4. The summed E-state index contributed by atoms with van der Waals surface area (Å²) in [5, 5.41) is 4.82.